The van der Waals surface area contributed by atoms with Crippen LogP contribution >= 0.6 is 12.2 Å². The monoisotopic (exact) mass is 298 g/mol. The van der Waals surface area contributed by atoms with Crippen molar-refractivity contribution in [2.24, 2.45) is 0 Å². The smallest absolute Gasteiger partial charge is 0.171 e. The van der Waals surface area contributed by atoms with Crippen molar-refractivity contribution in [1.29, 1.82) is 0 Å². The molecule has 2 aromatic rings. The zero-order chi connectivity index (χ0) is 15.1. The number of nitrogens with one attached hydrogen (secondary N) is 3. The van der Waals surface area contributed by atoms with Gasteiger partial charge in [0.2, 0.25) is 0 Å². The first-order valence-electron chi connectivity index (χ1n) is 6.63. The van der Waals surface area contributed by atoms with E-state index < -0.39 is 0 Å². The second kappa shape index (κ2) is 7.40. The van der Waals surface area contributed by atoms with Crippen molar-refractivity contribution in [2.45, 2.75) is 6.92 Å². The minimum absolute atomic E-state index is 0.552. The summed E-state index contributed by atoms with van der Waals surface area (Å²) in [6, 6.07) is 12.0. The molecule has 4 nitrogen and oxygen atoms in total. The maximum atomic E-state index is 5.14. The maximum Gasteiger partial charge on any atom is 0.171 e. The number of pyridine rings is 1. The second-order valence-corrected chi connectivity index (χ2v) is 4.96. The van der Waals surface area contributed by atoms with Gasteiger partial charge in [0, 0.05) is 12.2 Å². The first-order chi connectivity index (χ1) is 10.2. The lowest BCUT2D eigenvalue weighted by Crippen LogP contribution is -2.28. The van der Waals surface area contributed by atoms with Gasteiger partial charge in [-0.05, 0) is 43.4 Å². The van der Waals surface area contributed by atoms with Crippen LogP contribution in [0.25, 0.3) is 0 Å². The fraction of sp³-hybridized carbons (Fsp3) is 0.125. The first-order valence-corrected chi connectivity index (χ1v) is 7.03. The number of rotatable bonds is 5. The summed E-state index contributed by atoms with van der Waals surface area (Å²) in [5.74, 6) is 0.786. The molecule has 1 aromatic carbocycles. The van der Waals surface area contributed by atoms with E-state index in [0.29, 0.717) is 11.7 Å². The van der Waals surface area contributed by atoms with Gasteiger partial charge in [0.15, 0.2) is 5.11 Å². The Kier molecular flexibility index (Phi) is 5.29. The van der Waals surface area contributed by atoms with Crippen LogP contribution in [0.1, 0.15) is 5.56 Å². The van der Waals surface area contributed by atoms with Gasteiger partial charge >= 0.3 is 0 Å². The van der Waals surface area contributed by atoms with Gasteiger partial charge < -0.3 is 16.0 Å². The Morgan fingerprint density at radius 1 is 1.19 bits per heavy atom. The van der Waals surface area contributed by atoms with Crippen molar-refractivity contribution < 1.29 is 0 Å². The van der Waals surface area contributed by atoms with Crippen LogP contribution < -0.4 is 16.0 Å². The highest BCUT2D eigenvalue weighted by atomic mass is 32.1. The molecule has 2 rings (SSSR count). The average Bonchev–Trinajstić information content (AvgIpc) is 2.49. The van der Waals surface area contributed by atoms with E-state index in [4.69, 9.17) is 12.2 Å². The van der Waals surface area contributed by atoms with Crippen LogP contribution in [-0.2, 0) is 0 Å². The first kappa shape index (κ1) is 15.0. The summed E-state index contributed by atoms with van der Waals surface area (Å²) in [4.78, 5) is 4.35. The van der Waals surface area contributed by atoms with Crippen LogP contribution in [0.3, 0.4) is 0 Å². The number of anilines is 3. The van der Waals surface area contributed by atoms with Gasteiger partial charge in [-0.2, -0.15) is 0 Å². The SMILES string of the molecule is C=CCNC(=S)Nc1ccc(Nc2ccc(C)cc2)nc1. The molecule has 0 bridgehead atoms. The zero-order valence-corrected chi connectivity index (χ0v) is 12.7. The predicted molar refractivity (Wildman–Crippen MR) is 93.1 cm³/mol. The Labute approximate surface area is 130 Å². The fourth-order valence-electron chi connectivity index (χ4n) is 1.67. The molecule has 0 saturated heterocycles. The number of aryl methyl sites for hydroxylation is 1. The molecule has 3 N–H and O–H groups in total. The van der Waals surface area contributed by atoms with Crippen molar-refractivity contribution in [3.63, 3.8) is 0 Å². The molecule has 0 spiro atoms. The highest BCUT2D eigenvalue weighted by Crippen LogP contribution is 2.16. The molecule has 0 amide bonds. The zero-order valence-electron chi connectivity index (χ0n) is 11.9. The van der Waals surface area contributed by atoms with Crippen molar-refractivity contribution in [1.82, 2.24) is 10.3 Å². The molecular weight excluding hydrogens is 280 g/mol. The molecule has 0 saturated carbocycles. The summed E-state index contributed by atoms with van der Waals surface area (Å²) in [7, 11) is 0. The number of hydrogen-bond donors (Lipinski definition) is 3. The van der Waals surface area contributed by atoms with Gasteiger partial charge in [0.05, 0.1) is 11.9 Å². The summed E-state index contributed by atoms with van der Waals surface area (Å²) in [6.45, 7) is 6.32. The third-order valence-corrected chi connectivity index (χ3v) is 3.00. The topological polar surface area (TPSA) is 49.0 Å². The van der Waals surface area contributed by atoms with E-state index in [9.17, 15) is 0 Å². The third kappa shape index (κ3) is 4.89. The minimum atomic E-state index is 0.552. The third-order valence-electron chi connectivity index (χ3n) is 2.75. The van der Waals surface area contributed by atoms with Gasteiger partial charge in [0.1, 0.15) is 5.82 Å². The lowest BCUT2D eigenvalue weighted by atomic mass is 10.2. The number of hydrogen-bond acceptors (Lipinski definition) is 3. The molecule has 0 aliphatic carbocycles. The highest BCUT2D eigenvalue weighted by Gasteiger charge is 1.99. The van der Waals surface area contributed by atoms with Gasteiger partial charge in [-0.15, -0.1) is 6.58 Å². The highest BCUT2D eigenvalue weighted by molar-refractivity contribution is 7.80. The van der Waals surface area contributed by atoms with Crippen molar-refractivity contribution in [3.05, 3.63) is 60.8 Å². The fourth-order valence-corrected chi connectivity index (χ4v) is 1.87. The summed E-state index contributed by atoms with van der Waals surface area (Å²) >= 11 is 5.14. The molecule has 5 heteroatoms. The number of nitrogens with zero attached hydrogens (tertiary/aromatic N) is 1. The lowest BCUT2D eigenvalue weighted by molar-refractivity contribution is 1.06. The van der Waals surface area contributed by atoms with E-state index >= 15 is 0 Å². The second-order valence-electron chi connectivity index (χ2n) is 4.55. The van der Waals surface area contributed by atoms with Crippen LogP contribution in [0, 0.1) is 6.92 Å². The molecule has 0 radical (unpaired) electrons. The maximum absolute atomic E-state index is 5.14. The van der Waals surface area contributed by atoms with Crippen LogP contribution in [0.2, 0.25) is 0 Å². The van der Waals surface area contributed by atoms with Crippen molar-refractivity contribution in [2.75, 3.05) is 17.2 Å². The summed E-state index contributed by atoms with van der Waals surface area (Å²) in [6.07, 6.45) is 3.49. The van der Waals surface area contributed by atoms with Gasteiger partial charge in [-0.1, -0.05) is 23.8 Å². The predicted octanol–water partition coefficient (Wildman–Crippen LogP) is 3.61. The Hall–Kier alpha value is -2.40. The van der Waals surface area contributed by atoms with E-state index in [1.165, 1.54) is 5.56 Å². The standard InChI is InChI=1S/C16H18N4S/c1-3-10-17-16(21)20-14-8-9-15(18-11-14)19-13-6-4-12(2)5-7-13/h3-9,11H,1,10H2,2H3,(H,18,19)(H2,17,20,21). The molecular formula is C16H18N4S. The molecule has 21 heavy (non-hydrogen) atoms. The summed E-state index contributed by atoms with van der Waals surface area (Å²) < 4.78 is 0. The van der Waals surface area contributed by atoms with Gasteiger partial charge in [-0.3, -0.25) is 0 Å². The van der Waals surface area contributed by atoms with Crippen LogP contribution in [0.15, 0.2) is 55.3 Å². The molecule has 0 aliphatic rings. The summed E-state index contributed by atoms with van der Waals surface area (Å²) in [5, 5.41) is 9.85. The van der Waals surface area contributed by atoms with E-state index in [0.717, 1.165) is 17.2 Å². The van der Waals surface area contributed by atoms with E-state index in [1.807, 2.05) is 24.3 Å². The van der Waals surface area contributed by atoms with Crippen LogP contribution in [0.4, 0.5) is 17.2 Å². The van der Waals surface area contributed by atoms with Crippen molar-refractivity contribution in [3.8, 4) is 0 Å². The normalized spacial score (nSPS) is 9.76. The molecule has 1 heterocycles. The lowest BCUT2D eigenvalue weighted by Gasteiger charge is -2.10. The number of aromatic nitrogens is 1. The van der Waals surface area contributed by atoms with Crippen molar-refractivity contribution >= 4 is 34.5 Å². The molecule has 0 unspecified atom stereocenters. The van der Waals surface area contributed by atoms with E-state index in [-0.39, 0.29) is 0 Å². The molecule has 0 aliphatic heterocycles. The molecule has 0 atom stereocenters. The van der Waals surface area contributed by atoms with Gasteiger partial charge in [-0.25, -0.2) is 4.98 Å². The molecule has 108 valence electrons. The Bertz CT molecular complexity index is 605. The Morgan fingerprint density at radius 3 is 2.52 bits per heavy atom. The Morgan fingerprint density at radius 2 is 1.90 bits per heavy atom. The Balaban J connectivity index is 1.94. The number of thiocarbonyl (C=S) groups is 1. The largest absolute Gasteiger partial charge is 0.359 e. The average molecular weight is 298 g/mol. The quantitative estimate of drug-likeness (QED) is 0.581. The van der Waals surface area contributed by atoms with Crippen LogP contribution in [-0.4, -0.2) is 16.6 Å². The molecule has 0 fully saturated rings. The minimum Gasteiger partial charge on any atom is -0.359 e. The van der Waals surface area contributed by atoms with Crippen LogP contribution in [0.5, 0.6) is 0 Å². The van der Waals surface area contributed by atoms with Gasteiger partial charge in [0.25, 0.3) is 0 Å². The summed E-state index contributed by atoms with van der Waals surface area (Å²) in [5.41, 5.74) is 3.08. The van der Waals surface area contributed by atoms with E-state index in [2.05, 4.69) is 46.6 Å². The number of benzene rings is 1. The van der Waals surface area contributed by atoms with E-state index in [1.54, 1.807) is 12.3 Å². The molecule has 1 aromatic heterocycles.